The molecule has 1 fully saturated rings. The fourth-order valence-electron chi connectivity index (χ4n) is 4.90. The maximum Gasteiger partial charge on any atom is 0.257 e. The second-order valence-corrected chi connectivity index (χ2v) is 9.09. The molecule has 3 aromatic rings. The molecule has 180 valence electrons. The Labute approximate surface area is 204 Å². The number of hydrogen-bond donors (Lipinski definition) is 0. The van der Waals surface area contributed by atoms with Gasteiger partial charge in [-0.2, -0.15) is 5.10 Å². The number of anilines is 1. The third-order valence-corrected chi connectivity index (χ3v) is 6.80. The Bertz CT molecular complexity index is 1250. The SMILES string of the molecule is Cc1ccccc1C1CC(c2cccc(F)c2)=NN1C(=O)CN1CCN(c2ccccc2F)CC1. The predicted octanol–water partition coefficient (Wildman–Crippen LogP) is 4.77. The second-order valence-electron chi connectivity index (χ2n) is 9.09. The number of rotatable bonds is 5. The second kappa shape index (κ2) is 9.96. The zero-order chi connectivity index (χ0) is 24.4. The average molecular weight is 475 g/mol. The van der Waals surface area contributed by atoms with Crippen LogP contribution in [0.25, 0.3) is 0 Å². The number of para-hydroxylation sites is 1. The van der Waals surface area contributed by atoms with Crippen molar-refractivity contribution in [3.8, 4) is 0 Å². The summed E-state index contributed by atoms with van der Waals surface area (Å²) in [4.78, 5) is 17.6. The molecule has 0 N–H and O–H groups in total. The van der Waals surface area contributed by atoms with Crippen molar-refractivity contribution >= 4 is 17.3 Å². The Balaban J connectivity index is 1.32. The van der Waals surface area contributed by atoms with Crippen LogP contribution in [0, 0.1) is 18.6 Å². The predicted molar refractivity (Wildman–Crippen MR) is 133 cm³/mol. The minimum absolute atomic E-state index is 0.0935. The number of halogens is 2. The van der Waals surface area contributed by atoms with E-state index >= 15 is 0 Å². The lowest BCUT2D eigenvalue weighted by Crippen LogP contribution is -2.49. The number of hydrazone groups is 1. The molecular formula is C28H28F2N4O. The van der Waals surface area contributed by atoms with Gasteiger partial charge in [0.1, 0.15) is 11.6 Å². The van der Waals surface area contributed by atoms with Crippen molar-refractivity contribution in [2.75, 3.05) is 37.6 Å². The zero-order valence-corrected chi connectivity index (χ0v) is 19.7. The standard InChI is InChI=1S/C28H28F2N4O/c1-20-7-2-3-10-23(20)27-18-25(21-8-6-9-22(29)17-21)31-34(27)28(35)19-32-13-15-33(16-14-32)26-12-5-4-11-24(26)30/h2-12,17,27H,13-16,18-19H2,1H3. The molecule has 2 aliphatic heterocycles. The van der Waals surface area contributed by atoms with Crippen LogP contribution in [0.1, 0.15) is 29.2 Å². The van der Waals surface area contributed by atoms with Gasteiger partial charge in [-0.05, 0) is 42.3 Å². The molecule has 0 radical (unpaired) electrons. The van der Waals surface area contributed by atoms with Gasteiger partial charge in [0.2, 0.25) is 0 Å². The van der Waals surface area contributed by atoms with Gasteiger partial charge >= 0.3 is 0 Å². The fraction of sp³-hybridized carbons (Fsp3) is 0.286. The summed E-state index contributed by atoms with van der Waals surface area (Å²) in [5.74, 6) is -0.645. The highest BCUT2D eigenvalue weighted by atomic mass is 19.1. The number of carbonyl (C=O) groups excluding carboxylic acids is 1. The number of hydrogen-bond acceptors (Lipinski definition) is 4. The molecule has 1 unspecified atom stereocenters. The molecule has 5 rings (SSSR count). The quantitative estimate of drug-likeness (QED) is 0.535. The van der Waals surface area contributed by atoms with Crippen molar-refractivity contribution in [3.05, 3.63) is 101 Å². The van der Waals surface area contributed by atoms with E-state index < -0.39 is 0 Å². The van der Waals surface area contributed by atoms with E-state index in [0.717, 1.165) is 11.1 Å². The summed E-state index contributed by atoms with van der Waals surface area (Å²) in [5, 5.41) is 6.26. The molecule has 0 saturated carbocycles. The van der Waals surface area contributed by atoms with Gasteiger partial charge in [-0.1, -0.05) is 48.5 Å². The Kier molecular flexibility index (Phi) is 6.59. The number of carbonyl (C=O) groups is 1. The smallest absolute Gasteiger partial charge is 0.257 e. The van der Waals surface area contributed by atoms with Crippen LogP contribution in [0.3, 0.4) is 0 Å². The van der Waals surface area contributed by atoms with E-state index in [1.54, 1.807) is 23.2 Å². The Morgan fingerprint density at radius 3 is 2.43 bits per heavy atom. The average Bonchev–Trinajstić information content (AvgIpc) is 3.31. The van der Waals surface area contributed by atoms with Gasteiger partial charge in [0.25, 0.3) is 5.91 Å². The largest absolute Gasteiger partial charge is 0.367 e. The maximum atomic E-state index is 14.2. The van der Waals surface area contributed by atoms with Gasteiger partial charge in [-0.3, -0.25) is 9.69 Å². The van der Waals surface area contributed by atoms with Crippen molar-refractivity contribution in [1.82, 2.24) is 9.91 Å². The van der Waals surface area contributed by atoms with Crippen molar-refractivity contribution in [1.29, 1.82) is 0 Å². The van der Waals surface area contributed by atoms with Gasteiger partial charge in [-0.25, -0.2) is 13.8 Å². The summed E-state index contributed by atoms with van der Waals surface area (Å²) >= 11 is 0. The van der Waals surface area contributed by atoms with E-state index in [4.69, 9.17) is 0 Å². The Hall–Kier alpha value is -3.58. The first kappa shape index (κ1) is 23.2. The molecule has 1 amide bonds. The van der Waals surface area contributed by atoms with E-state index in [0.29, 0.717) is 49.6 Å². The summed E-state index contributed by atoms with van der Waals surface area (Å²) in [7, 11) is 0. The molecule has 5 nitrogen and oxygen atoms in total. The van der Waals surface area contributed by atoms with Crippen LogP contribution in [-0.4, -0.2) is 54.3 Å². The molecular weight excluding hydrogens is 446 g/mol. The molecule has 2 aliphatic rings. The monoisotopic (exact) mass is 474 g/mol. The first-order valence-corrected chi connectivity index (χ1v) is 11.9. The summed E-state index contributed by atoms with van der Waals surface area (Å²) in [6.45, 7) is 4.86. The van der Waals surface area contributed by atoms with Crippen LogP contribution in [0.4, 0.5) is 14.5 Å². The normalized spacial score (nSPS) is 18.6. The molecule has 35 heavy (non-hydrogen) atoms. The van der Waals surface area contributed by atoms with Crippen LogP contribution < -0.4 is 4.90 Å². The van der Waals surface area contributed by atoms with Crippen LogP contribution in [-0.2, 0) is 4.79 Å². The molecule has 7 heteroatoms. The summed E-state index contributed by atoms with van der Waals surface area (Å²) in [6.07, 6.45) is 0.529. The third-order valence-electron chi connectivity index (χ3n) is 6.80. The lowest BCUT2D eigenvalue weighted by atomic mass is 9.95. The molecule has 3 aromatic carbocycles. The molecule has 1 saturated heterocycles. The van der Waals surface area contributed by atoms with E-state index in [9.17, 15) is 13.6 Å². The molecule has 1 atom stereocenters. The van der Waals surface area contributed by atoms with Crippen molar-refractivity contribution in [3.63, 3.8) is 0 Å². The number of aryl methyl sites for hydroxylation is 1. The lowest BCUT2D eigenvalue weighted by molar-refractivity contribution is -0.134. The topological polar surface area (TPSA) is 39.2 Å². The highest BCUT2D eigenvalue weighted by molar-refractivity contribution is 6.03. The lowest BCUT2D eigenvalue weighted by Gasteiger charge is -2.36. The summed E-state index contributed by atoms with van der Waals surface area (Å²) in [6, 6.07) is 20.9. The minimum atomic E-state index is -0.324. The van der Waals surface area contributed by atoms with Gasteiger partial charge in [0, 0.05) is 38.2 Å². The summed E-state index contributed by atoms with van der Waals surface area (Å²) < 4.78 is 28.0. The highest BCUT2D eigenvalue weighted by Gasteiger charge is 2.35. The fourth-order valence-corrected chi connectivity index (χ4v) is 4.90. The first-order chi connectivity index (χ1) is 17.0. The molecule has 0 spiro atoms. The highest BCUT2D eigenvalue weighted by Crippen LogP contribution is 2.34. The van der Waals surface area contributed by atoms with Gasteiger partial charge in [-0.15, -0.1) is 0 Å². The van der Waals surface area contributed by atoms with Crippen molar-refractivity contribution in [2.24, 2.45) is 5.10 Å². The van der Waals surface area contributed by atoms with Gasteiger partial charge in [0.05, 0.1) is 24.0 Å². The van der Waals surface area contributed by atoms with Crippen molar-refractivity contribution < 1.29 is 13.6 Å². The third kappa shape index (κ3) is 4.95. The first-order valence-electron chi connectivity index (χ1n) is 11.9. The van der Waals surface area contributed by atoms with Crippen LogP contribution >= 0.6 is 0 Å². The van der Waals surface area contributed by atoms with Crippen LogP contribution in [0.15, 0.2) is 77.9 Å². The van der Waals surface area contributed by atoms with E-state index in [-0.39, 0.29) is 30.1 Å². The molecule has 0 aromatic heterocycles. The van der Waals surface area contributed by atoms with E-state index in [1.165, 1.54) is 18.2 Å². The number of nitrogens with zero attached hydrogens (tertiary/aromatic N) is 4. The Morgan fingerprint density at radius 1 is 0.943 bits per heavy atom. The Morgan fingerprint density at radius 2 is 1.69 bits per heavy atom. The summed E-state index contributed by atoms with van der Waals surface area (Å²) in [5.41, 5.74) is 4.12. The maximum absolute atomic E-state index is 14.2. The number of benzene rings is 3. The van der Waals surface area contributed by atoms with Gasteiger partial charge < -0.3 is 4.90 Å². The van der Waals surface area contributed by atoms with Crippen LogP contribution in [0.5, 0.6) is 0 Å². The van der Waals surface area contributed by atoms with Crippen LogP contribution in [0.2, 0.25) is 0 Å². The zero-order valence-electron chi connectivity index (χ0n) is 19.7. The molecule has 0 bridgehead atoms. The molecule has 0 aliphatic carbocycles. The number of amides is 1. The van der Waals surface area contributed by atoms with Crippen molar-refractivity contribution in [2.45, 2.75) is 19.4 Å². The van der Waals surface area contributed by atoms with E-state index in [2.05, 4.69) is 10.0 Å². The number of piperazine rings is 1. The van der Waals surface area contributed by atoms with Gasteiger partial charge in [0.15, 0.2) is 0 Å². The molecule has 2 heterocycles. The van der Waals surface area contributed by atoms with E-state index in [1.807, 2.05) is 48.2 Å². The minimum Gasteiger partial charge on any atom is -0.367 e.